The highest BCUT2D eigenvalue weighted by molar-refractivity contribution is 5.97. The van der Waals surface area contributed by atoms with Crippen LogP contribution in [0.25, 0.3) is 10.9 Å². The zero-order valence-corrected chi connectivity index (χ0v) is 12.1. The summed E-state index contributed by atoms with van der Waals surface area (Å²) in [4.78, 5) is 3.76. The lowest BCUT2D eigenvalue weighted by atomic mass is 10.1. The van der Waals surface area contributed by atoms with E-state index >= 15 is 0 Å². The van der Waals surface area contributed by atoms with Gasteiger partial charge in [-0.25, -0.2) is 4.98 Å². The van der Waals surface area contributed by atoms with Crippen LogP contribution in [-0.4, -0.2) is 26.3 Å². The third-order valence-corrected chi connectivity index (χ3v) is 3.25. The lowest BCUT2D eigenvalue weighted by Gasteiger charge is -2.18. The normalized spacial score (nSPS) is 11.6. The van der Waals surface area contributed by atoms with Gasteiger partial charge in [0.2, 0.25) is 0 Å². The van der Waals surface area contributed by atoms with Crippen molar-refractivity contribution in [1.29, 1.82) is 0 Å². The van der Waals surface area contributed by atoms with Crippen LogP contribution in [0.15, 0.2) is 12.1 Å². The number of alkyl halides is 3. The van der Waals surface area contributed by atoms with E-state index in [1.807, 2.05) is 0 Å². The number of ether oxygens (including phenoxy) is 2. The van der Waals surface area contributed by atoms with E-state index in [1.54, 1.807) is 13.1 Å². The van der Waals surface area contributed by atoms with Crippen molar-refractivity contribution in [3.63, 3.8) is 0 Å². The summed E-state index contributed by atoms with van der Waals surface area (Å²) in [7, 11) is 4.42. The topological polar surface area (TPSA) is 43.4 Å². The van der Waals surface area contributed by atoms with E-state index in [1.165, 1.54) is 27.2 Å². The predicted molar refractivity (Wildman–Crippen MR) is 74.1 cm³/mol. The van der Waals surface area contributed by atoms with Crippen LogP contribution in [0.5, 0.6) is 11.5 Å². The average molecular weight is 300 g/mol. The molecule has 0 amide bonds. The molecule has 0 unspecified atom stereocenters. The van der Waals surface area contributed by atoms with Gasteiger partial charge in [0.15, 0.2) is 0 Å². The van der Waals surface area contributed by atoms with Crippen molar-refractivity contribution in [1.82, 2.24) is 4.98 Å². The van der Waals surface area contributed by atoms with E-state index in [0.717, 1.165) is 0 Å². The Morgan fingerprint density at radius 3 is 2.29 bits per heavy atom. The van der Waals surface area contributed by atoms with Crippen LogP contribution in [0.4, 0.5) is 18.9 Å². The van der Waals surface area contributed by atoms with E-state index in [2.05, 4.69) is 10.3 Å². The number of hydrogen-bond donors (Lipinski definition) is 1. The van der Waals surface area contributed by atoms with Crippen LogP contribution in [-0.2, 0) is 6.18 Å². The van der Waals surface area contributed by atoms with Crippen LogP contribution in [0.1, 0.15) is 11.3 Å². The van der Waals surface area contributed by atoms with Gasteiger partial charge >= 0.3 is 6.18 Å². The number of halogens is 3. The molecule has 0 aliphatic rings. The maximum Gasteiger partial charge on any atom is 0.433 e. The van der Waals surface area contributed by atoms with Crippen LogP contribution >= 0.6 is 0 Å². The molecule has 2 aromatic rings. The molecule has 0 saturated carbocycles. The molecule has 0 aliphatic heterocycles. The van der Waals surface area contributed by atoms with Crippen molar-refractivity contribution in [2.24, 2.45) is 0 Å². The number of pyridine rings is 1. The zero-order valence-electron chi connectivity index (χ0n) is 12.1. The van der Waals surface area contributed by atoms with E-state index in [-0.39, 0.29) is 16.8 Å². The summed E-state index contributed by atoms with van der Waals surface area (Å²) < 4.78 is 49.6. The first-order valence-electron chi connectivity index (χ1n) is 6.14. The number of aromatic nitrogens is 1. The minimum Gasteiger partial charge on any atom is -0.497 e. The molecule has 0 aliphatic carbocycles. The molecule has 4 nitrogen and oxygen atoms in total. The van der Waals surface area contributed by atoms with Crippen LogP contribution < -0.4 is 14.8 Å². The second kappa shape index (κ2) is 5.31. The average Bonchev–Trinajstić information content (AvgIpc) is 2.44. The fourth-order valence-corrected chi connectivity index (χ4v) is 2.28. The Balaban J connectivity index is 2.93. The second-order valence-corrected chi connectivity index (χ2v) is 4.43. The minimum atomic E-state index is -4.53. The number of benzene rings is 1. The standard InChI is InChI=1S/C14H15F3N2O2/c1-7-11(18-2)9-5-8(20-3)6-10(21-4)12(9)19-13(7)14(15,16)17/h5-6H,1-4H3,(H,18,19). The van der Waals surface area contributed by atoms with Gasteiger partial charge < -0.3 is 14.8 Å². The minimum absolute atomic E-state index is 0.0350. The van der Waals surface area contributed by atoms with Gasteiger partial charge in [0.1, 0.15) is 22.7 Å². The summed E-state index contributed by atoms with van der Waals surface area (Å²) in [5.41, 5.74) is -0.402. The first-order valence-corrected chi connectivity index (χ1v) is 6.14. The Morgan fingerprint density at radius 2 is 1.81 bits per heavy atom. The van der Waals surface area contributed by atoms with Gasteiger partial charge in [-0.3, -0.25) is 0 Å². The monoisotopic (exact) mass is 300 g/mol. The van der Waals surface area contributed by atoms with Crippen molar-refractivity contribution in [2.45, 2.75) is 13.1 Å². The first-order chi connectivity index (χ1) is 9.83. The third-order valence-electron chi connectivity index (χ3n) is 3.25. The fourth-order valence-electron chi connectivity index (χ4n) is 2.28. The summed E-state index contributed by atoms with van der Waals surface area (Å²) in [6.07, 6.45) is -4.53. The molecule has 114 valence electrons. The Labute approximate surface area is 119 Å². The third kappa shape index (κ3) is 2.55. The van der Waals surface area contributed by atoms with E-state index < -0.39 is 11.9 Å². The number of methoxy groups -OCH3 is 2. The predicted octanol–water partition coefficient (Wildman–Crippen LogP) is 3.62. The van der Waals surface area contributed by atoms with Crippen molar-refractivity contribution in [3.8, 4) is 11.5 Å². The SMILES string of the molecule is CNc1c(C)c(C(F)(F)F)nc2c(OC)cc(OC)cc12. The van der Waals surface area contributed by atoms with Crippen molar-refractivity contribution >= 4 is 16.6 Å². The maximum atomic E-state index is 13.1. The van der Waals surface area contributed by atoms with Crippen LogP contribution in [0.3, 0.4) is 0 Å². The molecule has 2 rings (SSSR count). The molecule has 1 aromatic heterocycles. The van der Waals surface area contributed by atoms with Crippen LogP contribution in [0, 0.1) is 6.92 Å². The van der Waals surface area contributed by atoms with Crippen molar-refractivity contribution in [2.75, 3.05) is 26.6 Å². The van der Waals surface area contributed by atoms with Crippen LogP contribution in [0.2, 0.25) is 0 Å². The number of nitrogens with one attached hydrogen (secondary N) is 1. The van der Waals surface area contributed by atoms with Gasteiger partial charge in [0.25, 0.3) is 0 Å². The largest absolute Gasteiger partial charge is 0.497 e. The number of nitrogens with zero attached hydrogens (tertiary/aromatic N) is 1. The molecule has 7 heteroatoms. The zero-order chi connectivity index (χ0) is 15.8. The molecule has 1 N–H and O–H groups in total. The Morgan fingerprint density at radius 1 is 1.14 bits per heavy atom. The molecule has 0 spiro atoms. The lowest BCUT2D eigenvalue weighted by molar-refractivity contribution is -0.141. The number of fused-ring (bicyclic) bond motifs is 1. The van der Waals surface area contributed by atoms with Gasteiger partial charge in [0, 0.05) is 29.8 Å². The van der Waals surface area contributed by atoms with E-state index in [0.29, 0.717) is 16.8 Å². The summed E-state index contributed by atoms with van der Waals surface area (Å²) >= 11 is 0. The Hall–Kier alpha value is -2.18. The molecule has 1 aromatic carbocycles. The lowest BCUT2D eigenvalue weighted by Crippen LogP contribution is -2.13. The summed E-state index contributed by atoms with van der Waals surface area (Å²) in [5, 5.41) is 3.32. The van der Waals surface area contributed by atoms with Gasteiger partial charge in [-0.1, -0.05) is 0 Å². The number of rotatable bonds is 3. The molecule has 0 saturated heterocycles. The highest BCUT2D eigenvalue weighted by Gasteiger charge is 2.36. The van der Waals surface area contributed by atoms with E-state index in [9.17, 15) is 13.2 Å². The molecule has 0 bridgehead atoms. The molecular weight excluding hydrogens is 285 g/mol. The molecule has 0 fully saturated rings. The molecule has 1 heterocycles. The molecule has 21 heavy (non-hydrogen) atoms. The first kappa shape index (κ1) is 15.2. The smallest absolute Gasteiger partial charge is 0.433 e. The van der Waals surface area contributed by atoms with Crippen molar-refractivity contribution < 1.29 is 22.6 Å². The number of hydrogen-bond acceptors (Lipinski definition) is 4. The summed E-state index contributed by atoms with van der Waals surface area (Å²) in [5.74, 6) is 0.711. The van der Waals surface area contributed by atoms with Gasteiger partial charge in [-0.05, 0) is 13.0 Å². The van der Waals surface area contributed by atoms with Gasteiger partial charge in [-0.15, -0.1) is 0 Å². The Kier molecular flexibility index (Phi) is 3.85. The maximum absolute atomic E-state index is 13.1. The summed E-state index contributed by atoms with van der Waals surface area (Å²) in [6, 6.07) is 3.13. The molecule has 0 radical (unpaired) electrons. The second-order valence-electron chi connectivity index (χ2n) is 4.43. The fraction of sp³-hybridized carbons (Fsp3) is 0.357. The highest BCUT2D eigenvalue weighted by atomic mass is 19.4. The van der Waals surface area contributed by atoms with Crippen molar-refractivity contribution in [3.05, 3.63) is 23.4 Å². The van der Waals surface area contributed by atoms with E-state index in [4.69, 9.17) is 9.47 Å². The number of anilines is 1. The molecule has 0 atom stereocenters. The quantitative estimate of drug-likeness (QED) is 0.940. The summed E-state index contributed by atoms with van der Waals surface area (Å²) in [6.45, 7) is 1.38. The Bertz CT molecular complexity index is 684. The van der Waals surface area contributed by atoms with Gasteiger partial charge in [-0.2, -0.15) is 13.2 Å². The molecular formula is C14H15F3N2O2. The highest BCUT2D eigenvalue weighted by Crippen LogP contribution is 2.40. The van der Waals surface area contributed by atoms with Gasteiger partial charge in [0.05, 0.1) is 14.2 Å².